The highest BCUT2D eigenvalue weighted by Gasteiger charge is 2.32. The van der Waals surface area contributed by atoms with E-state index in [1.807, 2.05) is 4.90 Å². The Morgan fingerprint density at radius 2 is 2.00 bits per heavy atom. The van der Waals surface area contributed by atoms with Gasteiger partial charge in [0.15, 0.2) is 0 Å². The summed E-state index contributed by atoms with van der Waals surface area (Å²) in [5.41, 5.74) is -0.0842. The van der Waals surface area contributed by atoms with Gasteiger partial charge in [-0.15, -0.1) is 12.4 Å². The number of aromatic amines is 1. The van der Waals surface area contributed by atoms with Crippen molar-refractivity contribution in [3.63, 3.8) is 0 Å². The van der Waals surface area contributed by atoms with Crippen LogP contribution in [0.15, 0.2) is 29.1 Å². The average Bonchev–Trinajstić information content (AvgIpc) is 2.72. The highest BCUT2D eigenvalue weighted by Crippen LogP contribution is 2.25. The minimum atomic E-state index is -0.536. The Hall–Kier alpha value is -2.98. The number of aromatic nitrogens is 1. The number of halogens is 1. The van der Waals surface area contributed by atoms with Crippen LogP contribution in [0.4, 0.5) is 5.69 Å². The second-order valence-corrected chi connectivity index (χ2v) is 7.35. The fourth-order valence-corrected chi connectivity index (χ4v) is 4.10. The summed E-state index contributed by atoms with van der Waals surface area (Å²) in [4.78, 5) is 54.2. The number of amides is 2. The van der Waals surface area contributed by atoms with Crippen molar-refractivity contribution in [1.29, 1.82) is 0 Å². The molecule has 0 saturated carbocycles. The van der Waals surface area contributed by atoms with E-state index in [9.17, 15) is 24.5 Å². The molecule has 0 bridgehead atoms. The van der Waals surface area contributed by atoms with E-state index in [-0.39, 0.29) is 41.5 Å². The summed E-state index contributed by atoms with van der Waals surface area (Å²) in [6.45, 7) is 2.52. The quantitative estimate of drug-likeness (QED) is 0.544. The maximum atomic E-state index is 13.2. The molecule has 0 aliphatic carbocycles. The maximum Gasteiger partial charge on any atom is 0.270 e. The smallest absolute Gasteiger partial charge is 0.270 e. The molecule has 2 amide bonds. The molecule has 3 heterocycles. The lowest BCUT2D eigenvalue weighted by atomic mass is 10.0. The zero-order valence-corrected chi connectivity index (χ0v) is 16.9. The van der Waals surface area contributed by atoms with Crippen molar-refractivity contribution in [2.45, 2.75) is 18.9 Å². The number of fused-ring (bicyclic) bond motifs is 1. The number of benzene rings is 1. The minimum absolute atomic E-state index is 0. The molecule has 4 rings (SSSR count). The van der Waals surface area contributed by atoms with Crippen molar-refractivity contribution >= 4 is 40.8 Å². The molecule has 30 heavy (non-hydrogen) atoms. The summed E-state index contributed by atoms with van der Waals surface area (Å²) in [5.74, 6) is -0.332. The van der Waals surface area contributed by atoms with Crippen molar-refractivity contribution in [2.75, 3.05) is 32.7 Å². The number of likely N-dealkylation sites (tertiary alicyclic amines) is 1. The number of piperidine rings is 1. The molecular weight excluding hydrogens is 414 g/mol. The van der Waals surface area contributed by atoms with Crippen LogP contribution in [0.3, 0.4) is 0 Å². The SMILES string of the molecule is Cl.O=C(c1cc(=O)[nH]c2ccc([N+](=O)[O-])cc12)N1CCCC(N2CCNCC2=O)C1. The molecule has 1 aromatic heterocycles. The van der Waals surface area contributed by atoms with Gasteiger partial charge >= 0.3 is 0 Å². The number of piperazine rings is 1. The van der Waals surface area contributed by atoms with Crippen molar-refractivity contribution in [1.82, 2.24) is 20.1 Å². The molecule has 2 aromatic rings. The number of hydrogen-bond acceptors (Lipinski definition) is 6. The maximum absolute atomic E-state index is 13.2. The van der Waals surface area contributed by atoms with E-state index in [1.165, 1.54) is 24.3 Å². The molecule has 10 nitrogen and oxygen atoms in total. The van der Waals surface area contributed by atoms with Crippen LogP contribution in [0.25, 0.3) is 10.9 Å². The summed E-state index contributed by atoms with van der Waals surface area (Å²) in [7, 11) is 0. The minimum Gasteiger partial charge on any atom is -0.337 e. The Bertz CT molecular complexity index is 1060. The molecule has 1 atom stereocenters. The number of H-pyrrole nitrogens is 1. The number of nitro benzene ring substituents is 1. The molecule has 2 aliphatic rings. The van der Waals surface area contributed by atoms with Gasteiger partial charge < -0.3 is 20.1 Å². The number of carbonyl (C=O) groups is 2. The zero-order chi connectivity index (χ0) is 20.5. The fourth-order valence-electron chi connectivity index (χ4n) is 4.10. The Labute approximate surface area is 177 Å². The van der Waals surface area contributed by atoms with Gasteiger partial charge in [-0.1, -0.05) is 0 Å². The summed E-state index contributed by atoms with van der Waals surface area (Å²) >= 11 is 0. The molecular formula is C19H22ClN5O5. The average molecular weight is 436 g/mol. The first kappa shape index (κ1) is 21.7. The van der Waals surface area contributed by atoms with Crippen LogP contribution in [0.1, 0.15) is 23.2 Å². The van der Waals surface area contributed by atoms with E-state index in [0.717, 1.165) is 19.4 Å². The van der Waals surface area contributed by atoms with Crippen LogP contribution in [0.2, 0.25) is 0 Å². The van der Waals surface area contributed by atoms with E-state index in [2.05, 4.69) is 10.3 Å². The Morgan fingerprint density at radius 1 is 1.20 bits per heavy atom. The van der Waals surface area contributed by atoms with Gasteiger partial charge in [0.25, 0.3) is 11.6 Å². The van der Waals surface area contributed by atoms with Crippen molar-refractivity contribution < 1.29 is 14.5 Å². The van der Waals surface area contributed by atoms with Gasteiger partial charge in [0.1, 0.15) is 0 Å². The number of nitrogens with zero attached hydrogens (tertiary/aromatic N) is 3. The predicted molar refractivity (Wildman–Crippen MR) is 112 cm³/mol. The Morgan fingerprint density at radius 3 is 2.73 bits per heavy atom. The number of non-ortho nitro benzene ring substituents is 1. The highest BCUT2D eigenvalue weighted by molar-refractivity contribution is 6.06. The summed E-state index contributed by atoms with van der Waals surface area (Å²) in [5, 5.41) is 14.5. The highest BCUT2D eigenvalue weighted by atomic mass is 35.5. The van der Waals surface area contributed by atoms with Crippen molar-refractivity contribution in [3.8, 4) is 0 Å². The van der Waals surface area contributed by atoms with Gasteiger partial charge in [0, 0.05) is 61.3 Å². The number of nitro groups is 1. The third-order valence-corrected chi connectivity index (χ3v) is 5.52. The molecule has 1 aromatic carbocycles. The summed E-state index contributed by atoms with van der Waals surface area (Å²) in [6.07, 6.45) is 1.56. The molecule has 2 aliphatic heterocycles. The van der Waals surface area contributed by atoms with Crippen LogP contribution in [0, 0.1) is 10.1 Å². The zero-order valence-electron chi connectivity index (χ0n) is 16.1. The normalized spacial score (nSPS) is 19.5. The standard InChI is InChI=1S/C19H21N5O5.ClH/c25-17-9-15(14-8-12(24(28)29)3-4-16(14)21-17)19(27)22-6-1-2-13(11-22)23-7-5-20-10-18(23)26;/h3-4,8-9,13,20H,1-2,5-7,10-11H2,(H,21,25);1H. The van der Waals surface area contributed by atoms with Gasteiger partial charge in [0.2, 0.25) is 11.5 Å². The van der Waals surface area contributed by atoms with Gasteiger partial charge in [-0.3, -0.25) is 24.5 Å². The summed E-state index contributed by atoms with van der Waals surface area (Å²) < 4.78 is 0. The number of carbonyl (C=O) groups excluding carboxylic acids is 2. The van der Waals surface area contributed by atoms with Crippen LogP contribution < -0.4 is 10.9 Å². The first-order chi connectivity index (χ1) is 13.9. The van der Waals surface area contributed by atoms with E-state index in [4.69, 9.17) is 0 Å². The van der Waals surface area contributed by atoms with E-state index < -0.39 is 10.5 Å². The van der Waals surface area contributed by atoms with Crippen molar-refractivity contribution in [2.24, 2.45) is 0 Å². The first-order valence-electron chi connectivity index (χ1n) is 9.55. The number of pyridine rings is 1. The van der Waals surface area contributed by atoms with E-state index in [1.54, 1.807) is 4.90 Å². The molecule has 160 valence electrons. The lowest BCUT2D eigenvalue weighted by Gasteiger charge is -2.41. The van der Waals surface area contributed by atoms with Crippen molar-refractivity contribution in [3.05, 3.63) is 50.3 Å². The third-order valence-electron chi connectivity index (χ3n) is 5.52. The fraction of sp³-hybridized carbons (Fsp3) is 0.421. The molecule has 2 saturated heterocycles. The van der Waals surface area contributed by atoms with Crippen LogP contribution >= 0.6 is 12.4 Å². The van der Waals surface area contributed by atoms with Gasteiger partial charge in [-0.05, 0) is 18.9 Å². The first-order valence-corrected chi connectivity index (χ1v) is 9.55. The summed E-state index contributed by atoms with van der Waals surface area (Å²) in [6, 6.07) is 5.15. The number of hydrogen-bond donors (Lipinski definition) is 2. The van der Waals surface area contributed by atoms with E-state index in [0.29, 0.717) is 37.1 Å². The van der Waals surface area contributed by atoms with Crippen LogP contribution in [-0.4, -0.2) is 70.3 Å². The molecule has 1 unspecified atom stereocenters. The topological polar surface area (TPSA) is 129 Å². The Balaban J connectivity index is 0.00000256. The predicted octanol–water partition coefficient (Wildman–Crippen LogP) is 0.894. The lowest BCUT2D eigenvalue weighted by Crippen LogP contribution is -2.57. The second-order valence-electron chi connectivity index (χ2n) is 7.35. The Kier molecular flexibility index (Phi) is 6.37. The second kappa shape index (κ2) is 8.80. The van der Waals surface area contributed by atoms with Gasteiger partial charge in [-0.25, -0.2) is 0 Å². The van der Waals surface area contributed by atoms with Crippen LogP contribution in [0.5, 0.6) is 0 Å². The number of nitrogens with one attached hydrogen (secondary N) is 2. The van der Waals surface area contributed by atoms with Crippen LogP contribution in [-0.2, 0) is 4.79 Å². The molecule has 11 heteroatoms. The van der Waals surface area contributed by atoms with E-state index >= 15 is 0 Å². The third kappa shape index (κ3) is 4.14. The molecule has 2 fully saturated rings. The van der Waals surface area contributed by atoms with Gasteiger partial charge in [0.05, 0.1) is 17.0 Å². The molecule has 0 spiro atoms. The molecule has 2 N–H and O–H groups in total. The monoisotopic (exact) mass is 435 g/mol. The largest absolute Gasteiger partial charge is 0.337 e. The number of rotatable bonds is 3. The van der Waals surface area contributed by atoms with Gasteiger partial charge in [-0.2, -0.15) is 0 Å². The lowest BCUT2D eigenvalue weighted by molar-refractivity contribution is -0.384. The molecule has 0 radical (unpaired) electrons.